The predicted molar refractivity (Wildman–Crippen MR) is 91.1 cm³/mol. The highest BCUT2D eigenvalue weighted by Gasteiger charge is 2.18. The summed E-state index contributed by atoms with van der Waals surface area (Å²) in [4.78, 5) is 11.2. The van der Waals surface area contributed by atoms with Gasteiger partial charge in [-0.3, -0.25) is 4.72 Å². The molecular formula is C17H19NO5S. The van der Waals surface area contributed by atoms with Crippen LogP contribution in [0.25, 0.3) is 0 Å². The normalized spacial score (nSPS) is 11.0. The van der Waals surface area contributed by atoms with Crippen molar-refractivity contribution in [2.75, 3.05) is 11.3 Å². The number of carboxylic acid groups (broad SMARTS) is 1. The van der Waals surface area contributed by atoms with E-state index in [1.165, 1.54) is 30.3 Å². The molecule has 0 aliphatic rings. The number of benzene rings is 2. The lowest BCUT2D eigenvalue weighted by Crippen LogP contribution is -2.15. The van der Waals surface area contributed by atoms with Gasteiger partial charge in [-0.15, -0.1) is 0 Å². The molecule has 128 valence electrons. The molecule has 2 aromatic carbocycles. The summed E-state index contributed by atoms with van der Waals surface area (Å²) in [6.45, 7) is 2.63. The Balaban J connectivity index is 2.17. The largest absolute Gasteiger partial charge is 0.494 e. The molecule has 0 aliphatic carbocycles. The second-order valence-corrected chi connectivity index (χ2v) is 6.81. The van der Waals surface area contributed by atoms with Crippen molar-refractivity contribution in [3.05, 3.63) is 54.1 Å². The van der Waals surface area contributed by atoms with Gasteiger partial charge in [-0.25, -0.2) is 13.2 Å². The first-order chi connectivity index (χ1) is 11.4. The van der Waals surface area contributed by atoms with Gasteiger partial charge in [0.15, 0.2) is 0 Å². The van der Waals surface area contributed by atoms with E-state index in [1.807, 2.05) is 0 Å². The Kier molecular flexibility index (Phi) is 5.81. The Morgan fingerprint density at radius 3 is 2.42 bits per heavy atom. The molecule has 0 bridgehead atoms. The number of carbonyl (C=O) groups is 1. The van der Waals surface area contributed by atoms with Crippen molar-refractivity contribution in [2.45, 2.75) is 24.7 Å². The molecule has 24 heavy (non-hydrogen) atoms. The summed E-state index contributed by atoms with van der Waals surface area (Å²) in [5.74, 6) is -0.610. The van der Waals surface area contributed by atoms with E-state index in [2.05, 4.69) is 11.6 Å². The van der Waals surface area contributed by atoms with Crippen molar-refractivity contribution in [2.24, 2.45) is 0 Å². The second kappa shape index (κ2) is 7.83. The monoisotopic (exact) mass is 349 g/mol. The zero-order valence-electron chi connectivity index (χ0n) is 13.2. The lowest BCUT2D eigenvalue weighted by molar-refractivity contribution is 0.0698. The first-order valence-corrected chi connectivity index (χ1v) is 9.00. The summed E-state index contributed by atoms with van der Waals surface area (Å²) in [5.41, 5.74) is -0.0890. The fraction of sp³-hybridized carbons (Fsp3) is 0.235. The molecule has 2 rings (SSSR count). The number of rotatable bonds is 8. The SMILES string of the molecule is CCCCOc1ccc(S(=O)(=O)Nc2ccccc2C(=O)O)cc1. The van der Waals surface area contributed by atoms with Gasteiger partial charge in [0, 0.05) is 0 Å². The molecule has 0 aliphatic heterocycles. The highest BCUT2D eigenvalue weighted by Crippen LogP contribution is 2.22. The number of para-hydroxylation sites is 1. The topological polar surface area (TPSA) is 92.7 Å². The average molecular weight is 349 g/mol. The Bertz CT molecular complexity index is 800. The maximum atomic E-state index is 12.4. The van der Waals surface area contributed by atoms with E-state index >= 15 is 0 Å². The lowest BCUT2D eigenvalue weighted by atomic mass is 10.2. The molecule has 0 heterocycles. The van der Waals surface area contributed by atoms with E-state index in [9.17, 15) is 13.2 Å². The van der Waals surface area contributed by atoms with E-state index in [0.717, 1.165) is 12.8 Å². The minimum Gasteiger partial charge on any atom is -0.494 e. The summed E-state index contributed by atoms with van der Waals surface area (Å²) in [7, 11) is -3.88. The average Bonchev–Trinajstić information content (AvgIpc) is 2.55. The van der Waals surface area contributed by atoms with Gasteiger partial charge in [-0.2, -0.15) is 0 Å². The summed E-state index contributed by atoms with van der Waals surface area (Å²) < 4.78 is 32.6. The molecule has 0 unspecified atom stereocenters. The van der Waals surface area contributed by atoms with Gasteiger partial charge in [-0.05, 0) is 42.8 Å². The van der Waals surface area contributed by atoms with Crippen LogP contribution >= 0.6 is 0 Å². The molecule has 2 N–H and O–H groups in total. The van der Waals surface area contributed by atoms with Gasteiger partial charge < -0.3 is 9.84 Å². The number of aromatic carboxylic acids is 1. The maximum absolute atomic E-state index is 12.4. The van der Waals surface area contributed by atoms with Crippen LogP contribution in [0.2, 0.25) is 0 Å². The number of unbranched alkanes of at least 4 members (excludes halogenated alkanes) is 1. The highest BCUT2D eigenvalue weighted by molar-refractivity contribution is 7.92. The zero-order valence-corrected chi connectivity index (χ0v) is 14.0. The van der Waals surface area contributed by atoms with Gasteiger partial charge in [0.25, 0.3) is 10.0 Å². The molecule has 0 aromatic heterocycles. The Morgan fingerprint density at radius 2 is 1.79 bits per heavy atom. The van der Waals surface area contributed by atoms with Gasteiger partial charge in [0.2, 0.25) is 0 Å². The first-order valence-electron chi connectivity index (χ1n) is 7.52. The first kappa shape index (κ1) is 17.8. The smallest absolute Gasteiger partial charge is 0.337 e. The predicted octanol–water partition coefficient (Wildman–Crippen LogP) is 3.36. The molecule has 7 heteroatoms. The van der Waals surface area contributed by atoms with Crippen LogP contribution in [0, 0.1) is 0 Å². The van der Waals surface area contributed by atoms with Crippen LogP contribution in [0.5, 0.6) is 5.75 Å². The van der Waals surface area contributed by atoms with Crippen molar-refractivity contribution >= 4 is 21.7 Å². The Hall–Kier alpha value is -2.54. The number of anilines is 1. The third-order valence-electron chi connectivity index (χ3n) is 3.30. The third-order valence-corrected chi connectivity index (χ3v) is 4.68. The minimum atomic E-state index is -3.88. The number of hydrogen-bond acceptors (Lipinski definition) is 4. The van der Waals surface area contributed by atoms with Crippen molar-refractivity contribution in [3.8, 4) is 5.75 Å². The maximum Gasteiger partial charge on any atom is 0.337 e. The fourth-order valence-corrected chi connectivity index (χ4v) is 3.09. The van der Waals surface area contributed by atoms with Crippen LogP contribution in [0.15, 0.2) is 53.4 Å². The van der Waals surface area contributed by atoms with E-state index in [1.54, 1.807) is 18.2 Å². The molecule has 2 aromatic rings. The second-order valence-electron chi connectivity index (χ2n) is 5.13. The van der Waals surface area contributed by atoms with Gasteiger partial charge in [0.1, 0.15) is 5.75 Å². The Labute approximate surface area is 141 Å². The van der Waals surface area contributed by atoms with Crippen molar-refractivity contribution < 1.29 is 23.1 Å². The molecule has 6 nitrogen and oxygen atoms in total. The molecule has 0 spiro atoms. The van der Waals surface area contributed by atoms with Crippen LogP contribution in [0.3, 0.4) is 0 Å². The van der Waals surface area contributed by atoms with Crippen molar-refractivity contribution in [3.63, 3.8) is 0 Å². The third kappa shape index (κ3) is 4.48. The van der Waals surface area contributed by atoms with Crippen LogP contribution in [-0.2, 0) is 10.0 Å². The van der Waals surface area contributed by atoms with Gasteiger partial charge in [0.05, 0.1) is 22.8 Å². The summed E-state index contributed by atoms with van der Waals surface area (Å²) in [6, 6.07) is 11.8. The highest BCUT2D eigenvalue weighted by atomic mass is 32.2. The molecule has 0 radical (unpaired) electrons. The lowest BCUT2D eigenvalue weighted by Gasteiger charge is -2.11. The van der Waals surface area contributed by atoms with E-state index < -0.39 is 16.0 Å². The number of nitrogens with one attached hydrogen (secondary N) is 1. The number of hydrogen-bond donors (Lipinski definition) is 2. The fourth-order valence-electron chi connectivity index (χ4n) is 2.01. The van der Waals surface area contributed by atoms with Crippen LogP contribution < -0.4 is 9.46 Å². The van der Waals surface area contributed by atoms with E-state index in [4.69, 9.17) is 9.84 Å². The Morgan fingerprint density at radius 1 is 1.12 bits per heavy atom. The van der Waals surface area contributed by atoms with Crippen LogP contribution in [0.4, 0.5) is 5.69 Å². The number of sulfonamides is 1. The molecule has 0 saturated heterocycles. The molecule has 0 amide bonds. The number of ether oxygens (including phenoxy) is 1. The molecular weight excluding hydrogens is 330 g/mol. The van der Waals surface area contributed by atoms with Crippen LogP contribution in [0.1, 0.15) is 30.1 Å². The van der Waals surface area contributed by atoms with E-state index in [0.29, 0.717) is 12.4 Å². The molecule has 0 fully saturated rings. The summed E-state index contributed by atoms with van der Waals surface area (Å²) in [6.07, 6.45) is 1.94. The summed E-state index contributed by atoms with van der Waals surface area (Å²) in [5, 5.41) is 9.12. The van der Waals surface area contributed by atoms with Crippen LogP contribution in [-0.4, -0.2) is 26.1 Å². The molecule has 0 atom stereocenters. The van der Waals surface area contributed by atoms with E-state index in [-0.39, 0.29) is 16.1 Å². The quantitative estimate of drug-likeness (QED) is 0.713. The van der Waals surface area contributed by atoms with Crippen molar-refractivity contribution in [1.82, 2.24) is 0 Å². The van der Waals surface area contributed by atoms with Gasteiger partial charge >= 0.3 is 5.97 Å². The zero-order chi connectivity index (χ0) is 17.6. The molecule has 0 saturated carbocycles. The summed E-state index contributed by atoms with van der Waals surface area (Å²) >= 11 is 0. The van der Waals surface area contributed by atoms with Crippen molar-refractivity contribution in [1.29, 1.82) is 0 Å². The standard InChI is InChI=1S/C17H19NO5S/c1-2-3-12-23-13-8-10-14(11-9-13)24(21,22)18-16-7-5-4-6-15(16)17(19)20/h4-11,18H,2-3,12H2,1H3,(H,19,20). The van der Waals surface area contributed by atoms with Gasteiger partial charge in [-0.1, -0.05) is 25.5 Å². The minimum absolute atomic E-state index is 0.0215. The number of carboxylic acids is 1.